The molecule has 0 aliphatic rings. The molecule has 2 N–H and O–H groups in total. The summed E-state index contributed by atoms with van der Waals surface area (Å²) in [7, 11) is 0. The Hall–Kier alpha value is -2.44. The molecular formula is C19H13BrN2O2S. The van der Waals surface area contributed by atoms with Gasteiger partial charge in [-0.05, 0) is 42.8 Å². The van der Waals surface area contributed by atoms with Gasteiger partial charge in [0.1, 0.15) is 0 Å². The summed E-state index contributed by atoms with van der Waals surface area (Å²) in [5.74, 6) is -0.213. The van der Waals surface area contributed by atoms with Gasteiger partial charge in [0.15, 0.2) is 0 Å². The number of pyridine rings is 1. The van der Waals surface area contributed by atoms with Gasteiger partial charge in [0, 0.05) is 25.8 Å². The fraction of sp³-hybridized carbons (Fsp3) is 0.0526. The second kappa shape index (κ2) is 6.13. The first-order chi connectivity index (χ1) is 12.0. The van der Waals surface area contributed by atoms with E-state index in [4.69, 9.17) is 0 Å². The third kappa shape index (κ3) is 2.88. The summed E-state index contributed by atoms with van der Waals surface area (Å²) in [6.45, 7) is 1.93. The highest BCUT2D eigenvalue weighted by atomic mass is 79.9. The summed E-state index contributed by atoms with van der Waals surface area (Å²) in [6.07, 6.45) is 0. The standard InChI is InChI=1S/C19H13BrN2O2S/c1-10-8-11(20)6-7-14(10)21-19(24)16-9-13-17(25-16)12-4-2-3-5-15(12)22-18(13)23/h2-9H,1H3,(H,21,24)(H,22,23). The second-order valence-electron chi connectivity index (χ2n) is 5.77. The summed E-state index contributed by atoms with van der Waals surface area (Å²) >= 11 is 4.75. The number of carbonyl (C=O) groups excluding carboxylic acids is 1. The number of anilines is 1. The van der Waals surface area contributed by atoms with Crippen LogP contribution in [0.15, 0.2) is 57.8 Å². The number of benzene rings is 2. The van der Waals surface area contributed by atoms with E-state index in [9.17, 15) is 9.59 Å². The monoisotopic (exact) mass is 412 g/mol. The van der Waals surface area contributed by atoms with Crippen LogP contribution in [0, 0.1) is 6.92 Å². The van der Waals surface area contributed by atoms with E-state index in [1.807, 2.05) is 49.4 Å². The predicted octanol–water partition coefficient (Wildman–Crippen LogP) is 5.07. The van der Waals surface area contributed by atoms with Crippen LogP contribution in [-0.2, 0) is 0 Å². The number of halogens is 1. The average molecular weight is 413 g/mol. The van der Waals surface area contributed by atoms with E-state index in [-0.39, 0.29) is 11.5 Å². The van der Waals surface area contributed by atoms with E-state index < -0.39 is 0 Å². The van der Waals surface area contributed by atoms with Gasteiger partial charge in [-0.3, -0.25) is 9.59 Å². The van der Waals surface area contributed by atoms with Crippen LogP contribution in [0.1, 0.15) is 15.2 Å². The maximum Gasteiger partial charge on any atom is 0.265 e. The Labute approximate surface area is 155 Å². The number of thiophene rings is 1. The third-order valence-electron chi connectivity index (χ3n) is 4.06. The number of hydrogen-bond donors (Lipinski definition) is 2. The van der Waals surface area contributed by atoms with E-state index in [1.54, 1.807) is 6.07 Å². The number of para-hydroxylation sites is 1. The topological polar surface area (TPSA) is 62.0 Å². The number of aromatic amines is 1. The zero-order valence-corrected chi connectivity index (χ0v) is 15.6. The van der Waals surface area contributed by atoms with Gasteiger partial charge in [0.05, 0.1) is 10.3 Å². The van der Waals surface area contributed by atoms with Gasteiger partial charge in [-0.2, -0.15) is 0 Å². The zero-order chi connectivity index (χ0) is 17.6. The molecule has 0 radical (unpaired) electrons. The molecule has 0 bridgehead atoms. The Morgan fingerprint density at radius 3 is 2.72 bits per heavy atom. The van der Waals surface area contributed by atoms with E-state index in [2.05, 4.69) is 26.2 Å². The first-order valence-corrected chi connectivity index (χ1v) is 9.26. The van der Waals surface area contributed by atoms with Crippen LogP contribution >= 0.6 is 27.3 Å². The summed E-state index contributed by atoms with van der Waals surface area (Å²) in [4.78, 5) is 28.3. The molecule has 0 saturated carbocycles. The zero-order valence-electron chi connectivity index (χ0n) is 13.2. The molecule has 4 aromatic rings. The minimum absolute atomic E-state index is 0.177. The van der Waals surface area contributed by atoms with Gasteiger partial charge >= 0.3 is 0 Å². The third-order valence-corrected chi connectivity index (χ3v) is 5.72. The maximum absolute atomic E-state index is 12.6. The number of rotatable bonds is 2. The van der Waals surface area contributed by atoms with Crippen LogP contribution in [-0.4, -0.2) is 10.9 Å². The lowest BCUT2D eigenvalue weighted by Gasteiger charge is -2.07. The molecule has 6 heteroatoms. The summed E-state index contributed by atoms with van der Waals surface area (Å²) in [5, 5.41) is 4.41. The maximum atomic E-state index is 12.6. The van der Waals surface area contributed by atoms with Crippen molar-refractivity contribution in [3.05, 3.63) is 73.8 Å². The number of fused-ring (bicyclic) bond motifs is 3. The normalized spacial score (nSPS) is 11.1. The van der Waals surface area contributed by atoms with Crippen LogP contribution in [0.2, 0.25) is 0 Å². The largest absolute Gasteiger partial charge is 0.321 e. The Morgan fingerprint density at radius 2 is 1.92 bits per heavy atom. The molecule has 4 rings (SSSR count). The number of aryl methyl sites for hydroxylation is 1. The molecule has 2 heterocycles. The van der Waals surface area contributed by atoms with Crippen LogP contribution in [0.3, 0.4) is 0 Å². The average Bonchev–Trinajstić information content (AvgIpc) is 3.04. The number of carbonyl (C=O) groups is 1. The SMILES string of the molecule is Cc1cc(Br)ccc1NC(=O)c1cc2c(=O)[nH]c3ccccc3c2s1. The quantitative estimate of drug-likeness (QED) is 0.482. The predicted molar refractivity (Wildman–Crippen MR) is 107 cm³/mol. The fourth-order valence-electron chi connectivity index (χ4n) is 2.80. The molecule has 0 fully saturated rings. The van der Waals surface area contributed by atoms with Gasteiger partial charge in [0.2, 0.25) is 0 Å². The van der Waals surface area contributed by atoms with Crippen molar-refractivity contribution >= 4 is 59.9 Å². The second-order valence-corrected chi connectivity index (χ2v) is 7.73. The molecule has 0 unspecified atom stereocenters. The van der Waals surface area contributed by atoms with Gasteiger partial charge in [-0.25, -0.2) is 0 Å². The van der Waals surface area contributed by atoms with Crippen molar-refractivity contribution in [3.63, 3.8) is 0 Å². The van der Waals surface area contributed by atoms with Gasteiger partial charge in [-0.15, -0.1) is 11.3 Å². The molecule has 0 aliphatic carbocycles. The molecule has 0 spiro atoms. The molecule has 4 nitrogen and oxygen atoms in total. The van der Waals surface area contributed by atoms with Crippen LogP contribution in [0.5, 0.6) is 0 Å². The van der Waals surface area contributed by atoms with Crippen molar-refractivity contribution in [3.8, 4) is 0 Å². The van der Waals surface area contributed by atoms with Crippen molar-refractivity contribution < 1.29 is 4.79 Å². The van der Waals surface area contributed by atoms with Gasteiger partial charge in [0.25, 0.3) is 11.5 Å². The molecule has 0 aliphatic heterocycles. The molecule has 2 aromatic carbocycles. The van der Waals surface area contributed by atoms with Crippen molar-refractivity contribution in [1.82, 2.24) is 4.98 Å². The molecule has 2 aromatic heterocycles. The highest BCUT2D eigenvalue weighted by Crippen LogP contribution is 2.30. The number of amides is 1. The molecule has 0 saturated heterocycles. The van der Waals surface area contributed by atoms with E-state index in [0.29, 0.717) is 10.3 Å². The highest BCUT2D eigenvalue weighted by Gasteiger charge is 2.15. The van der Waals surface area contributed by atoms with Crippen LogP contribution in [0.25, 0.3) is 21.0 Å². The van der Waals surface area contributed by atoms with Gasteiger partial charge in [-0.1, -0.05) is 34.1 Å². The molecule has 1 amide bonds. The Morgan fingerprint density at radius 1 is 1.12 bits per heavy atom. The highest BCUT2D eigenvalue weighted by molar-refractivity contribution is 9.10. The minimum Gasteiger partial charge on any atom is -0.321 e. The van der Waals surface area contributed by atoms with Crippen molar-refractivity contribution in [2.75, 3.05) is 5.32 Å². The Balaban J connectivity index is 1.79. The van der Waals surface area contributed by atoms with E-state index in [0.717, 1.165) is 31.3 Å². The lowest BCUT2D eigenvalue weighted by Crippen LogP contribution is -2.11. The Kier molecular flexibility index (Phi) is 3.94. The smallest absolute Gasteiger partial charge is 0.265 e. The molecule has 25 heavy (non-hydrogen) atoms. The number of H-pyrrole nitrogens is 1. The molecule has 124 valence electrons. The van der Waals surface area contributed by atoms with Crippen molar-refractivity contribution in [1.29, 1.82) is 0 Å². The minimum atomic E-state index is -0.213. The van der Waals surface area contributed by atoms with Crippen LogP contribution in [0.4, 0.5) is 5.69 Å². The molecule has 0 atom stereocenters. The summed E-state index contributed by atoms with van der Waals surface area (Å²) in [5.41, 5.74) is 2.32. The van der Waals surface area contributed by atoms with E-state index in [1.165, 1.54) is 11.3 Å². The van der Waals surface area contributed by atoms with Gasteiger partial charge < -0.3 is 10.3 Å². The van der Waals surface area contributed by atoms with Crippen molar-refractivity contribution in [2.24, 2.45) is 0 Å². The lowest BCUT2D eigenvalue weighted by atomic mass is 10.2. The Bertz CT molecular complexity index is 1190. The fourth-order valence-corrected chi connectivity index (χ4v) is 4.37. The first-order valence-electron chi connectivity index (χ1n) is 7.65. The molecular weight excluding hydrogens is 400 g/mol. The van der Waals surface area contributed by atoms with E-state index >= 15 is 0 Å². The summed E-state index contributed by atoms with van der Waals surface area (Å²) < 4.78 is 1.79. The lowest BCUT2D eigenvalue weighted by molar-refractivity contribution is 0.103. The number of aromatic nitrogens is 1. The van der Waals surface area contributed by atoms with Crippen LogP contribution < -0.4 is 10.9 Å². The summed E-state index contributed by atoms with van der Waals surface area (Å²) in [6, 6.07) is 14.9. The van der Waals surface area contributed by atoms with Crippen molar-refractivity contribution in [2.45, 2.75) is 6.92 Å². The number of hydrogen-bond acceptors (Lipinski definition) is 3. The number of nitrogens with one attached hydrogen (secondary N) is 2. The first kappa shape index (κ1) is 16.1.